The molecule has 0 saturated carbocycles. The number of nitrogens with zero attached hydrogens (tertiary/aromatic N) is 2. The van der Waals surface area contributed by atoms with Gasteiger partial charge < -0.3 is 28.4 Å². The van der Waals surface area contributed by atoms with Gasteiger partial charge in [-0.05, 0) is 48.4 Å². The molecule has 2 aliphatic heterocycles. The smallest absolute Gasteiger partial charge is 0.434 e. The molecule has 3 heterocycles. The maximum absolute atomic E-state index is 14.4. The molecule has 0 fully saturated rings. The number of halogens is 3. The molecule has 1 unspecified atom stereocenters. The van der Waals surface area contributed by atoms with Crippen LogP contribution in [0.5, 0.6) is 28.7 Å². The van der Waals surface area contributed by atoms with E-state index in [9.17, 15) is 22.8 Å². The Kier molecular flexibility index (Phi) is 7.43. The van der Waals surface area contributed by atoms with Gasteiger partial charge in [0.15, 0.2) is 33.5 Å². The molecule has 0 radical (unpaired) electrons. The highest BCUT2D eigenvalue weighted by Crippen LogP contribution is 2.42. The highest BCUT2D eigenvalue weighted by atomic mass is 32.1. The second-order valence-corrected chi connectivity index (χ2v) is 9.64. The van der Waals surface area contributed by atoms with Gasteiger partial charge in [-0.3, -0.25) is 9.36 Å². The minimum absolute atomic E-state index is 0.0513. The first-order valence-corrected chi connectivity index (χ1v) is 12.9. The molecular weight excluding hydrogens is 569 g/mol. The SMILES string of the molecule is CCOC(=O)C1=C(C(F)(F)F)N=c2s/c(=C/c3cc(OC)c(OC)c(OC)c3)c(=O)n2C1c1ccc2c(c1)OCO2. The molecule has 0 amide bonds. The van der Waals surface area contributed by atoms with Crippen LogP contribution >= 0.6 is 11.3 Å². The second kappa shape index (κ2) is 10.8. The molecule has 2 aromatic carbocycles. The first-order valence-electron chi connectivity index (χ1n) is 12.1. The summed E-state index contributed by atoms with van der Waals surface area (Å²) in [5, 5.41) is 0. The summed E-state index contributed by atoms with van der Waals surface area (Å²) < 4.78 is 76.0. The lowest BCUT2D eigenvalue weighted by molar-refractivity contribution is -0.140. The summed E-state index contributed by atoms with van der Waals surface area (Å²) in [7, 11) is 4.29. The molecule has 0 N–H and O–H groups in total. The third kappa shape index (κ3) is 4.99. The number of fused-ring (bicyclic) bond motifs is 2. The molecule has 0 bridgehead atoms. The molecule has 0 spiro atoms. The van der Waals surface area contributed by atoms with Crippen molar-refractivity contribution in [3.8, 4) is 28.7 Å². The zero-order valence-corrected chi connectivity index (χ0v) is 23.0. The third-order valence-corrected chi connectivity index (χ3v) is 7.28. The van der Waals surface area contributed by atoms with Gasteiger partial charge in [-0.25, -0.2) is 9.79 Å². The van der Waals surface area contributed by atoms with Crippen molar-refractivity contribution in [2.45, 2.75) is 19.1 Å². The number of hydrogen-bond acceptors (Lipinski definition) is 10. The monoisotopic (exact) mass is 592 g/mol. The number of rotatable bonds is 7. The maximum Gasteiger partial charge on any atom is 0.434 e. The predicted octanol–water partition coefficient (Wildman–Crippen LogP) is 3.10. The van der Waals surface area contributed by atoms with E-state index in [2.05, 4.69) is 4.99 Å². The van der Waals surface area contributed by atoms with Gasteiger partial charge in [0.1, 0.15) is 0 Å². The molecule has 14 heteroatoms. The summed E-state index contributed by atoms with van der Waals surface area (Å²) in [4.78, 5) is 30.4. The van der Waals surface area contributed by atoms with Crippen molar-refractivity contribution in [2.24, 2.45) is 4.99 Å². The minimum Gasteiger partial charge on any atom is -0.493 e. The summed E-state index contributed by atoms with van der Waals surface area (Å²) in [6, 6.07) is 6.05. The number of benzene rings is 2. The summed E-state index contributed by atoms with van der Waals surface area (Å²) in [6.07, 6.45) is -3.56. The summed E-state index contributed by atoms with van der Waals surface area (Å²) in [6.45, 7) is 1.20. The Hall–Kier alpha value is -4.46. The van der Waals surface area contributed by atoms with Crippen molar-refractivity contribution >= 4 is 23.4 Å². The average Bonchev–Trinajstić information content (AvgIpc) is 3.54. The van der Waals surface area contributed by atoms with Crippen molar-refractivity contribution < 1.29 is 46.4 Å². The van der Waals surface area contributed by atoms with Gasteiger partial charge in [0.05, 0.1) is 44.1 Å². The average molecular weight is 593 g/mol. The van der Waals surface area contributed by atoms with E-state index in [0.29, 0.717) is 28.6 Å². The van der Waals surface area contributed by atoms with Crippen LogP contribution in [-0.2, 0) is 9.53 Å². The first kappa shape index (κ1) is 28.1. The van der Waals surface area contributed by atoms with Gasteiger partial charge >= 0.3 is 12.1 Å². The Bertz CT molecular complexity index is 1720. The molecule has 41 heavy (non-hydrogen) atoms. The van der Waals surface area contributed by atoms with Crippen LogP contribution < -0.4 is 38.6 Å². The zero-order valence-electron chi connectivity index (χ0n) is 22.2. The molecule has 5 rings (SSSR count). The molecule has 2 aliphatic rings. The van der Waals surface area contributed by atoms with Crippen LogP contribution in [0, 0.1) is 0 Å². The van der Waals surface area contributed by atoms with Crippen LogP contribution in [0.25, 0.3) is 6.08 Å². The number of thiazole rings is 1. The van der Waals surface area contributed by atoms with E-state index in [1.54, 1.807) is 12.1 Å². The normalized spacial score (nSPS) is 16.3. The van der Waals surface area contributed by atoms with Crippen molar-refractivity contribution in [3.63, 3.8) is 0 Å². The molecule has 3 aromatic rings. The van der Waals surface area contributed by atoms with E-state index in [1.165, 1.54) is 52.5 Å². The van der Waals surface area contributed by atoms with Crippen molar-refractivity contribution in [3.05, 3.63) is 72.4 Å². The van der Waals surface area contributed by atoms with Crippen LogP contribution in [0.2, 0.25) is 0 Å². The lowest BCUT2D eigenvalue weighted by Crippen LogP contribution is -2.41. The summed E-state index contributed by atoms with van der Waals surface area (Å²) in [5.41, 5.74) is -2.31. The lowest BCUT2D eigenvalue weighted by Gasteiger charge is -2.26. The fourth-order valence-electron chi connectivity index (χ4n) is 4.58. The Labute approximate surface area is 234 Å². The van der Waals surface area contributed by atoms with E-state index in [-0.39, 0.29) is 34.0 Å². The molecule has 1 atom stereocenters. The quantitative estimate of drug-likeness (QED) is 0.386. The molecule has 1 aromatic heterocycles. The van der Waals surface area contributed by atoms with Gasteiger partial charge in [-0.1, -0.05) is 17.4 Å². The third-order valence-electron chi connectivity index (χ3n) is 6.29. The maximum atomic E-state index is 14.4. The molecule has 216 valence electrons. The van der Waals surface area contributed by atoms with E-state index >= 15 is 0 Å². The highest BCUT2D eigenvalue weighted by molar-refractivity contribution is 7.07. The Balaban J connectivity index is 1.79. The van der Waals surface area contributed by atoms with Crippen LogP contribution in [0.4, 0.5) is 13.2 Å². The van der Waals surface area contributed by atoms with Crippen LogP contribution in [0.3, 0.4) is 0 Å². The summed E-state index contributed by atoms with van der Waals surface area (Å²) >= 11 is 0.738. The summed E-state index contributed by atoms with van der Waals surface area (Å²) in [5.74, 6) is 0.341. The number of ether oxygens (including phenoxy) is 6. The number of alkyl halides is 3. The van der Waals surface area contributed by atoms with E-state index in [0.717, 1.165) is 15.9 Å². The van der Waals surface area contributed by atoms with E-state index in [1.807, 2.05) is 0 Å². The van der Waals surface area contributed by atoms with Gasteiger partial charge in [-0.15, -0.1) is 0 Å². The van der Waals surface area contributed by atoms with Gasteiger partial charge in [0.25, 0.3) is 5.56 Å². The minimum atomic E-state index is -5.03. The number of methoxy groups -OCH3 is 3. The molecule has 0 saturated heterocycles. The van der Waals surface area contributed by atoms with Crippen LogP contribution in [-0.4, -0.2) is 51.4 Å². The van der Waals surface area contributed by atoms with Crippen molar-refractivity contribution in [1.82, 2.24) is 4.57 Å². The lowest BCUT2D eigenvalue weighted by atomic mass is 9.95. The number of hydrogen-bond donors (Lipinski definition) is 0. The molecule has 0 aliphatic carbocycles. The Morgan fingerprint density at radius 1 is 1.10 bits per heavy atom. The van der Waals surface area contributed by atoms with Gasteiger partial charge in [0, 0.05) is 0 Å². The number of esters is 1. The molecular formula is C27H23F3N2O8S. The van der Waals surface area contributed by atoms with Gasteiger partial charge in [0.2, 0.25) is 12.5 Å². The number of allylic oxidation sites excluding steroid dienone is 1. The molecule has 10 nitrogen and oxygen atoms in total. The standard InChI is InChI=1S/C27H23F3N2O8S/c1-5-38-25(34)20-21(14-6-7-15-16(11-14)40-12-39-15)32-24(33)19(41-26(32)31-23(20)27(28,29)30)10-13-8-17(35-2)22(37-4)18(9-13)36-3/h6-11,21H,5,12H2,1-4H3/b19-10+. The van der Waals surface area contributed by atoms with Crippen molar-refractivity contribution in [2.75, 3.05) is 34.7 Å². The van der Waals surface area contributed by atoms with E-state index < -0.39 is 35.0 Å². The fourth-order valence-corrected chi connectivity index (χ4v) is 5.58. The zero-order chi connectivity index (χ0) is 29.5. The Morgan fingerprint density at radius 2 is 1.78 bits per heavy atom. The van der Waals surface area contributed by atoms with Gasteiger partial charge in [-0.2, -0.15) is 13.2 Å². The fraction of sp³-hybridized carbons (Fsp3) is 0.296. The number of carbonyl (C=O) groups excluding carboxylic acids is 1. The predicted molar refractivity (Wildman–Crippen MR) is 139 cm³/mol. The largest absolute Gasteiger partial charge is 0.493 e. The number of carbonyl (C=O) groups is 1. The van der Waals surface area contributed by atoms with Crippen LogP contribution in [0.15, 0.2) is 51.4 Å². The first-order chi connectivity index (χ1) is 19.6. The van der Waals surface area contributed by atoms with E-state index in [4.69, 9.17) is 28.4 Å². The number of aromatic nitrogens is 1. The van der Waals surface area contributed by atoms with Crippen molar-refractivity contribution in [1.29, 1.82) is 0 Å². The second-order valence-electron chi connectivity index (χ2n) is 8.63. The highest BCUT2D eigenvalue weighted by Gasteiger charge is 2.45. The Morgan fingerprint density at radius 3 is 2.39 bits per heavy atom. The van der Waals surface area contributed by atoms with Crippen LogP contribution in [0.1, 0.15) is 24.1 Å². The topological polar surface area (TPSA) is 107 Å².